The van der Waals surface area contributed by atoms with Crippen molar-refractivity contribution < 1.29 is 13.2 Å². The predicted molar refractivity (Wildman–Crippen MR) is 79.6 cm³/mol. The Bertz CT molecular complexity index is 682. The van der Waals surface area contributed by atoms with E-state index in [-0.39, 0.29) is 4.90 Å². The van der Waals surface area contributed by atoms with E-state index in [1.54, 1.807) is 48.5 Å². The topological polar surface area (TPSA) is 55.4 Å². The molecule has 0 amide bonds. The van der Waals surface area contributed by atoms with Gasteiger partial charge in [-0.05, 0) is 49.7 Å². The highest BCUT2D eigenvalue weighted by Crippen LogP contribution is 2.23. The standard InChI is InChI=1S/C15H17NO3S/c1-3-19-15-10-9-13(11-12(15)2)16-20(17,18)14-7-5-4-6-8-14/h4-11,16H,3H2,1-2H3. The van der Waals surface area contributed by atoms with Gasteiger partial charge in [-0.1, -0.05) is 18.2 Å². The Morgan fingerprint density at radius 3 is 2.40 bits per heavy atom. The highest BCUT2D eigenvalue weighted by atomic mass is 32.2. The molecule has 0 unspecified atom stereocenters. The highest BCUT2D eigenvalue weighted by molar-refractivity contribution is 7.92. The van der Waals surface area contributed by atoms with Crippen LogP contribution in [0.3, 0.4) is 0 Å². The second-order valence-corrected chi connectivity index (χ2v) is 6.01. The van der Waals surface area contributed by atoms with Crippen LogP contribution in [0.25, 0.3) is 0 Å². The van der Waals surface area contributed by atoms with Crippen molar-refractivity contribution in [1.29, 1.82) is 0 Å². The van der Waals surface area contributed by atoms with Crippen molar-refractivity contribution >= 4 is 15.7 Å². The van der Waals surface area contributed by atoms with Crippen molar-refractivity contribution in [1.82, 2.24) is 0 Å². The Morgan fingerprint density at radius 1 is 1.10 bits per heavy atom. The summed E-state index contributed by atoms with van der Waals surface area (Å²) in [6, 6.07) is 13.5. The minimum Gasteiger partial charge on any atom is -0.494 e. The van der Waals surface area contributed by atoms with Crippen LogP contribution in [0, 0.1) is 6.92 Å². The van der Waals surface area contributed by atoms with Crippen LogP contribution in [0.4, 0.5) is 5.69 Å². The van der Waals surface area contributed by atoms with Crippen LogP contribution >= 0.6 is 0 Å². The molecule has 0 spiro atoms. The molecule has 2 aromatic carbocycles. The van der Waals surface area contributed by atoms with E-state index in [0.717, 1.165) is 11.3 Å². The van der Waals surface area contributed by atoms with Gasteiger partial charge in [-0.25, -0.2) is 8.42 Å². The van der Waals surface area contributed by atoms with Crippen LogP contribution < -0.4 is 9.46 Å². The average molecular weight is 291 g/mol. The molecule has 2 aromatic rings. The minimum absolute atomic E-state index is 0.242. The molecule has 2 rings (SSSR count). The molecule has 0 atom stereocenters. The van der Waals surface area contributed by atoms with E-state index in [0.29, 0.717) is 12.3 Å². The van der Waals surface area contributed by atoms with E-state index in [4.69, 9.17) is 4.74 Å². The number of ether oxygens (including phenoxy) is 1. The summed E-state index contributed by atoms with van der Waals surface area (Å²) in [6.45, 7) is 4.37. The van der Waals surface area contributed by atoms with E-state index < -0.39 is 10.0 Å². The lowest BCUT2D eigenvalue weighted by molar-refractivity contribution is 0.338. The average Bonchev–Trinajstić information content (AvgIpc) is 2.43. The maximum absolute atomic E-state index is 12.2. The van der Waals surface area contributed by atoms with Gasteiger partial charge in [0.15, 0.2) is 0 Å². The number of benzene rings is 2. The number of sulfonamides is 1. The van der Waals surface area contributed by atoms with E-state index in [2.05, 4.69) is 4.72 Å². The quantitative estimate of drug-likeness (QED) is 0.920. The fourth-order valence-corrected chi connectivity index (χ4v) is 2.91. The largest absolute Gasteiger partial charge is 0.494 e. The van der Waals surface area contributed by atoms with Gasteiger partial charge in [0.1, 0.15) is 5.75 Å². The normalized spacial score (nSPS) is 11.1. The molecule has 5 heteroatoms. The first-order valence-electron chi connectivity index (χ1n) is 6.34. The first-order valence-corrected chi connectivity index (χ1v) is 7.82. The lowest BCUT2D eigenvalue weighted by Crippen LogP contribution is -2.12. The van der Waals surface area contributed by atoms with E-state index in [9.17, 15) is 8.42 Å². The number of rotatable bonds is 5. The monoisotopic (exact) mass is 291 g/mol. The third-order valence-electron chi connectivity index (χ3n) is 2.78. The van der Waals surface area contributed by atoms with Gasteiger partial charge in [-0.15, -0.1) is 0 Å². The van der Waals surface area contributed by atoms with Crippen LogP contribution in [0.5, 0.6) is 5.75 Å². The number of hydrogen-bond acceptors (Lipinski definition) is 3. The van der Waals surface area contributed by atoms with E-state index in [1.165, 1.54) is 0 Å². The molecule has 1 N–H and O–H groups in total. The van der Waals surface area contributed by atoms with Crippen LogP contribution in [0.15, 0.2) is 53.4 Å². The molecule has 0 aromatic heterocycles. The van der Waals surface area contributed by atoms with Gasteiger partial charge < -0.3 is 4.74 Å². The zero-order valence-corrected chi connectivity index (χ0v) is 12.3. The van der Waals surface area contributed by atoms with Crippen LogP contribution in [-0.4, -0.2) is 15.0 Å². The zero-order valence-electron chi connectivity index (χ0n) is 11.5. The molecule has 0 heterocycles. The van der Waals surface area contributed by atoms with Gasteiger partial charge in [-0.3, -0.25) is 4.72 Å². The van der Waals surface area contributed by atoms with Crippen molar-refractivity contribution in [3.8, 4) is 5.75 Å². The number of anilines is 1. The summed E-state index contributed by atoms with van der Waals surface area (Å²) in [4.78, 5) is 0.242. The Hall–Kier alpha value is -2.01. The minimum atomic E-state index is -3.55. The van der Waals surface area contributed by atoms with Gasteiger partial charge in [-0.2, -0.15) is 0 Å². The molecule has 20 heavy (non-hydrogen) atoms. The summed E-state index contributed by atoms with van der Waals surface area (Å²) in [7, 11) is -3.55. The third kappa shape index (κ3) is 3.30. The summed E-state index contributed by atoms with van der Waals surface area (Å²) < 4.78 is 32.4. The summed E-state index contributed by atoms with van der Waals surface area (Å²) >= 11 is 0. The van der Waals surface area contributed by atoms with Crippen LogP contribution in [0.2, 0.25) is 0 Å². The fraction of sp³-hybridized carbons (Fsp3) is 0.200. The lowest BCUT2D eigenvalue weighted by Gasteiger charge is -2.11. The molecule has 4 nitrogen and oxygen atoms in total. The Morgan fingerprint density at radius 2 is 1.80 bits per heavy atom. The molecule has 0 radical (unpaired) electrons. The molecular weight excluding hydrogens is 274 g/mol. The Balaban J connectivity index is 2.24. The van der Waals surface area contributed by atoms with Crippen molar-refractivity contribution in [3.63, 3.8) is 0 Å². The van der Waals surface area contributed by atoms with Gasteiger partial charge in [0, 0.05) is 5.69 Å². The molecule has 0 saturated heterocycles. The molecular formula is C15H17NO3S. The zero-order chi connectivity index (χ0) is 14.6. The second-order valence-electron chi connectivity index (χ2n) is 4.33. The molecule has 0 aliphatic rings. The Kier molecular flexibility index (Phi) is 4.29. The molecule has 0 bridgehead atoms. The van der Waals surface area contributed by atoms with Gasteiger partial charge in [0.05, 0.1) is 11.5 Å². The second kappa shape index (κ2) is 5.96. The highest BCUT2D eigenvalue weighted by Gasteiger charge is 2.13. The number of aryl methyl sites for hydroxylation is 1. The predicted octanol–water partition coefficient (Wildman–Crippen LogP) is 3.19. The van der Waals surface area contributed by atoms with Crippen LogP contribution in [0.1, 0.15) is 12.5 Å². The van der Waals surface area contributed by atoms with Crippen molar-refractivity contribution in [2.24, 2.45) is 0 Å². The van der Waals surface area contributed by atoms with Gasteiger partial charge in [0.25, 0.3) is 10.0 Å². The first-order chi connectivity index (χ1) is 9.53. The summed E-state index contributed by atoms with van der Waals surface area (Å²) in [6.07, 6.45) is 0. The maximum Gasteiger partial charge on any atom is 0.261 e. The first kappa shape index (κ1) is 14.4. The third-order valence-corrected chi connectivity index (χ3v) is 4.18. The van der Waals surface area contributed by atoms with Gasteiger partial charge in [0.2, 0.25) is 0 Å². The Labute approximate surface area is 119 Å². The van der Waals surface area contributed by atoms with E-state index in [1.807, 2.05) is 13.8 Å². The SMILES string of the molecule is CCOc1ccc(NS(=O)(=O)c2ccccc2)cc1C. The van der Waals surface area contributed by atoms with Gasteiger partial charge >= 0.3 is 0 Å². The summed E-state index contributed by atoms with van der Waals surface area (Å²) in [5, 5.41) is 0. The van der Waals surface area contributed by atoms with Crippen molar-refractivity contribution in [2.75, 3.05) is 11.3 Å². The smallest absolute Gasteiger partial charge is 0.261 e. The van der Waals surface area contributed by atoms with Crippen molar-refractivity contribution in [3.05, 3.63) is 54.1 Å². The van der Waals surface area contributed by atoms with Crippen molar-refractivity contribution in [2.45, 2.75) is 18.7 Å². The fourth-order valence-electron chi connectivity index (χ4n) is 1.84. The molecule has 0 saturated carbocycles. The molecule has 0 aliphatic carbocycles. The summed E-state index contributed by atoms with van der Waals surface area (Å²) in [5.74, 6) is 0.759. The lowest BCUT2D eigenvalue weighted by atomic mass is 10.2. The molecule has 0 aliphatic heterocycles. The van der Waals surface area contributed by atoms with Crippen LogP contribution in [-0.2, 0) is 10.0 Å². The maximum atomic E-state index is 12.2. The molecule has 106 valence electrons. The van der Waals surface area contributed by atoms with E-state index >= 15 is 0 Å². The number of hydrogen-bond donors (Lipinski definition) is 1. The number of nitrogens with one attached hydrogen (secondary N) is 1. The summed E-state index contributed by atoms with van der Waals surface area (Å²) in [5.41, 5.74) is 1.41. The molecule has 0 fully saturated rings.